The molecule has 0 radical (unpaired) electrons. The van der Waals surface area contributed by atoms with E-state index in [9.17, 15) is 9.59 Å². The summed E-state index contributed by atoms with van der Waals surface area (Å²) in [6.45, 7) is 7.76. The Hall–Kier alpha value is -4.07. The van der Waals surface area contributed by atoms with Crippen molar-refractivity contribution in [3.63, 3.8) is 0 Å². The molecule has 0 saturated heterocycles. The molecule has 0 fully saturated rings. The number of fused-ring (bicyclic) bond motifs is 1. The molecule has 0 saturated carbocycles. The number of carbonyl (C=O) groups excluding carboxylic acids is 2. The molecule has 0 amide bonds. The van der Waals surface area contributed by atoms with Crippen molar-refractivity contribution in [3.05, 3.63) is 89.5 Å². The minimum absolute atomic E-state index is 0.237. The lowest BCUT2D eigenvalue weighted by Crippen LogP contribution is -2.44. The van der Waals surface area contributed by atoms with Crippen molar-refractivity contribution in [2.24, 2.45) is 5.92 Å². The summed E-state index contributed by atoms with van der Waals surface area (Å²) in [5, 5.41) is 3.43. The second-order valence-corrected chi connectivity index (χ2v) is 8.75. The standard InChI is InChI=1S/C28H30N4O4/c1-5-23(33)36-28(4)22(17-18(3)21-9-7-14-29-25(21)28)24(32-27-30-15-8-16-31-27)19-10-12-20(13-11-19)26(34)35-6-2/h7-17,22,24H,5-6H2,1-4H3,(H,30,31,32). The first-order chi connectivity index (χ1) is 17.4. The van der Waals surface area contributed by atoms with Gasteiger partial charge < -0.3 is 14.8 Å². The fourth-order valence-electron chi connectivity index (χ4n) is 4.57. The zero-order chi connectivity index (χ0) is 25.7. The topological polar surface area (TPSA) is 103 Å². The van der Waals surface area contributed by atoms with Crippen molar-refractivity contribution < 1.29 is 19.1 Å². The van der Waals surface area contributed by atoms with E-state index >= 15 is 0 Å². The van der Waals surface area contributed by atoms with Gasteiger partial charge in [-0.05, 0) is 56.2 Å². The van der Waals surface area contributed by atoms with Crippen LogP contribution in [0.4, 0.5) is 5.95 Å². The van der Waals surface area contributed by atoms with Gasteiger partial charge in [-0.1, -0.05) is 31.2 Å². The van der Waals surface area contributed by atoms with E-state index in [2.05, 4.69) is 26.3 Å². The van der Waals surface area contributed by atoms with Gasteiger partial charge in [-0.2, -0.15) is 0 Å². The molecule has 1 aliphatic carbocycles. The van der Waals surface area contributed by atoms with Crippen molar-refractivity contribution in [2.45, 2.75) is 45.8 Å². The normalized spacial score (nSPS) is 19.4. The molecule has 3 unspecified atom stereocenters. The minimum Gasteiger partial charge on any atom is -0.462 e. The molecule has 2 heterocycles. The van der Waals surface area contributed by atoms with Crippen molar-refractivity contribution in [1.29, 1.82) is 0 Å². The summed E-state index contributed by atoms with van der Waals surface area (Å²) in [5.74, 6) is -0.640. The third kappa shape index (κ3) is 4.98. The summed E-state index contributed by atoms with van der Waals surface area (Å²) in [5.41, 5.74) is 2.90. The summed E-state index contributed by atoms with van der Waals surface area (Å²) < 4.78 is 11.3. The lowest BCUT2D eigenvalue weighted by molar-refractivity contribution is -0.164. The molecule has 1 aromatic carbocycles. The summed E-state index contributed by atoms with van der Waals surface area (Å²) >= 11 is 0. The fraction of sp³-hybridized carbons (Fsp3) is 0.321. The number of hydrogen-bond donors (Lipinski definition) is 1. The number of pyridine rings is 1. The molecule has 186 valence electrons. The van der Waals surface area contributed by atoms with E-state index in [0.29, 0.717) is 23.8 Å². The van der Waals surface area contributed by atoms with Gasteiger partial charge in [-0.3, -0.25) is 9.78 Å². The molecular formula is C28H30N4O4. The maximum absolute atomic E-state index is 12.7. The second-order valence-electron chi connectivity index (χ2n) is 8.75. The molecule has 1 aliphatic rings. The molecule has 8 nitrogen and oxygen atoms in total. The predicted octanol–water partition coefficient (Wildman–Crippen LogP) is 5.10. The Morgan fingerprint density at radius 3 is 2.39 bits per heavy atom. The van der Waals surface area contributed by atoms with E-state index in [1.165, 1.54) is 0 Å². The Morgan fingerprint density at radius 2 is 1.72 bits per heavy atom. The Morgan fingerprint density at radius 1 is 1.03 bits per heavy atom. The van der Waals surface area contributed by atoms with Gasteiger partial charge in [0.05, 0.1) is 23.9 Å². The average Bonchev–Trinajstić information content (AvgIpc) is 2.90. The first-order valence-electron chi connectivity index (χ1n) is 12.0. The third-order valence-electron chi connectivity index (χ3n) is 6.37. The van der Waals surface area contributed by atoms with Crippen LogP contribution in [-0.4, -0.2) is 33.5 Å². The number of allylic oxidation sites excluding steroid dienone is 1. The van der Waals surface area contributed by atoms with Crippen LogP contribution in [-0.2, 0) is 19.9 Å². The number of nitrogens with one attached hydrogen (secondary N) is 1. The van der Waals surface area contributed by atoms with Crippen molar-refractivity contribution in [1.82, 2.24) is 15.0 Å². The Balaban J connectivity index is 1.84. The highest BCUT2D eigenvalue weighted by atomic mass is 16.6. The van der Waals surface area contributed by atoms with Gasteiger partial charge in [0.2, 0.25) is 5.95 Å². The Kier molecular flexibility index (Phi) is 7.43. The van der Waals surface area contributed by atoms with Crippen LogP contribution in [0, 0.1) is 5.92 Å². The quantitative estimate of drug-likeness (QED) is 0.439. The molecule has 3 aromatic rings. The fourth-order valence-corrected chi connectivity index (χ4v) is 4.57. The maximum atomic E-state index is 12.7. The van der Waals surface area contributed by atoms with Gasteiger partial charge >= 0.3 is 11.9 Å². The molecule has 0 spiro atoms. The Labute approximate surface area is 210 Å². The van der Waals surface area contributed by atoms with Gasteiger partial charge in [0.25, 0.3) is 0 Å². The molecule has 0 aliphatic heterocycles. The number of benzene rings is 1. The number of esters is 2. The van der Waals surface area contributed by atoms with E-state index in [1.54, 1.807) is 50.6 Å². The van der Waals surface area contributed by atoms with Crippen LogP contribution in [0.1, 0.15) is 67.3 Å². The van der Waals surface area contributed by atoms with Gasteiger partial charge in [0.15, 0.2) is 5.60 Å². The number of rotatable bonds is 8. The van der Waals surface area contributed by atoms with Crippen LogP contribution in [0.15, 0.2) is 67.1 Å². The number of nitrogens with zero attached hydrogens (tertiary/aromatic N) is 3. The van der Waals surface area contributed by atoms with Crippen molar-refractivity contribution >= 4 is 23.5 Å². The molecule has 3 atom stereocenters. The van der Waals surface area contributed by atoms with Gasteiger partial charge in [0.1, 0.15) is 0 Å². The molecule has 4 rings (SSSR count). The zero-order valence-corrected chi connectivity index (χ0v) is 20.9. The average molecular weight is 487 g/mol. The summed E-state index contributed by atoms with van der Waals surface area (Å²) in [6.07, 6.45) is 7.37. The molecule has 0 bridgehead atoms. The lowest BCUT2D eigenvalue weighted by atomic mass is 9.71. The summed E-state index contributed by atoms with van der Waals surface area (Å²) in [4.78, 5) is 38.3. The first kappa shape index (κ1) is 25.0. The van der Waals surface area contributed by atoms with Crippen LogP contribution in [0.2, 0.25) is 0 Å². The first-order valence-corrected chi connectivity index (χ1v) is 12.0. The van der Waals surface area contributed by atoms with Crippen LogP contribution in [0.5, 0.6) is 0 Å². The summed E-state index contributed by atoms with van der Waals surface area (Å²) in [6, 6.07) is 12.4. The van der Waals surface area contributed by atoms with Crippen LogP contribution >= 0.6 is 0 Å². The highest BCUT2D eigenvalue weighted by molar-refractivity contribution is 5.89. The number of hydrogen-bond acceptors (Lipinski definition) is 8. The second kappa shape index (κ2) is 10.7. The number of ether oxygens (including phenoxy) is 2. The third-order valence-corrected chi connectivity index (χ3v) is 6.37. The molecule has 8 heteroatoms. The van der Waals surface area contributed by atoms with E-state index in [0.717, 1.165) is 16.7 Å². The summed E-state index contributed by atoms with van der Waals surface area (Å²) in [7, 11) is 0. The largest absolute Gasteiger partial charge is 0.462 e. The van der Waals surface area contributed by atoms with Crippen molar-refractivity contribution in [3.8, 4) is 0 Å². The van der Waals surface area contributed by atoms with Crippen molar-refractivity contribution in [2.75, 3.05) is 11.9 Å². The monoisotopic (exact) mass is 486 g/mol. The number of anilines is 1. The highest BCUT2D eigenvalue weighted by Gasteiger charge is 2.48. The molecule has 2 aromatic heterocycles. The smallest absolute Gasteiger partial charge is 0.338 e. The Bertz CT molecular complexity index is 1260. The van der Waals surface area contributed by atoms with Crippen LogP contribution < -0.4 is 5.32 Å². The number of carbonyl (C=O) groups is 2. The van der Waals surface area contributed by atoms with Crippen LogP contribution in [0.25, 0.3) is 5.57 Å². The number of aromatic nitrogens is 3. The maximum Gasteiger partial charge on any atom is 0.338 e. The predicted molar refractivity (Wildman–Crippen MR) is 136 cm³/mol. The van der Waals surface area contributed by atoms with E-state index in [4.69, 9.17) is 9.47 Å². The highest BCUT2D eigenvalue weighted by Crippen LogP contribution is 2.48. The van der Waals surface area contributed by atoms with E-state index in [1.807, 2.05) is 38.1 Å². The van der Waals surface area contributed by atoms with Gasteiger partial charge in [-0.15, -0.1) is 0 Å². The molecule has 36 heavy (non-hydrogen) atoms. The van der Waals surface area contributed by atoms with E-state index in [-0.39, 0.29) is 24.3 Å². The molecule has 1 N–H and O–H groups in total. The zero-order valence-electron chi connectivity index (χ0n) is 20.9. The lowest BCUT2D eigenvalue weighted by Gasteiger charge is -2.43. The SMILES string of the molecule is CCOC(=O)c1ccc(C(Nc2ncccn2)C2C=C(C)c3cccnc3C2(C)OC(=O)CC)cc1. The van der Waals surface area contributed by atoms with Gasteiger partial charge in [-0.25, -0.2) is 14.8 Å². The van der Waals surface area contributed by atoms with E-state index < -0.39 is 11.6 Å². The van der Waals surface area contributed by atoms with Gasteiger partial charge in [0, 0.05) is 36.5 Å². The molecular weight excluding hydrogens is 456 g/mol. The van der Waals surface area contributed by atoms with Crippen LogP contribution in [0.3, 0.4) is 0 Å². The minimum atomic E-state index is -1.07.